The van der Waals surface area contributed by atoms with Crippen molar-refractivity contribution in [3.8, 4) is 0 Å². The molecule has 3 atom stereocenters. The second kappa shape index (κ2) is 7.67. The molecule has 2 aliphatic heterocycles. The maximum atomic E-state index is 14.3. The number of rotatable bonds is 4. The van der Waals surface area contributed by atoms with Crippen molar-refractivity contribution < 1.29 is 9.18 Å². The lowest BCUT2D eigenvalue weighted by atomic mass is 9.91. The molecule has 0 bridgehead atoms. The van der Waals surface area contributed by atoms with Crippen LogP contribution in [-0.4, -0.2) is 34.2 Å². The highest BCUT2D eigenvalue weighted by Gasteiger charge is 2.28. The van der Waals surface area contributed by atoms with Crippen LogP contribution < -0.4 is 27.0 Å². The molecule has 6 N–H and O–H groups in total. The molecular weight excluding hydrogens is 385 g/mol. The molecule has 1 saturated carbocycles. The number of anilines is 1. The molecular formula is C18H21ClFN7O. The highest BCUT2D eigenvalue weighted by molar-refractivity contribution is 6.31. The first kappa shape index (κ1) is 18.5. The summed E-state index contributed by atoms with van der Waals surface area (Å²) in [7, 11) is 0. The lowest BCUT2D eigenvalue weighted by molar-refractivity contribution is 0.240. The molecule has 1 fully saturated rings. The van der Waals surface area contributed by atoms with Crippen LogP contribution >= 0.6 is 11.6 Å². The molecule has 1 aromatic rings. The molecule has 0 saturated heterocycles. The summed E-state index contributed by atoms with van der Waals surface area (Å²) in [5, 5.41) is 12.8. The molecule has 8 nitrogen and oxygen atoms in total. The van der Waals surface area contributed by atoms with Crippen molar-refractivity contribution in [3.63, 3.8) is 0 Å². The van der Waals surface area contributed by atoms with Crippen LogP contribution in [0.5, 0.6) is 0 Å². The van der Waals surface area contributed by atoms with Crippen molar-refractivity contribution in [2.75, 3.05) is 5.32 Å². The van der Waals surface area contributed by atoms with E-state index in [0.717, 1.165) is 36.6 Å². The number of nitrogens with zero attached hydrogens (tertiary/aromatic N) is 2. The Kier molecular flexibility index (Phi) is 5.08. The largest absolute Gasteiger partial charge is 0.367 e. The summed E-state index contributed by atoms with van der Waals surface area (Å²) >= 11 is 6.09. The normalized spacial score (nSPS) is 26.1. The van der Waals surface area contributed by atoms with Crippen molar-refractivity contribution in [3.05, 3.63) is 46.9 Å². The number of carbonyl (C=O) groups is 1. The number of primary amides is 1. The van der Waals surface area contributed by atoms with Crippen LogP contribution in [0.15, 0.2) is 35.3 Å². The Morgan fingerprint density at radius 3 is 2.89 bits per heavy atom. The Morgan fingerprint density at radius 2 is 2.07 bits per heavy atom. The second-order valence-electron chi connectivity index (χ2n) is 7.06. The summed E-state index contributed by atoms with van der Waals surface area (Å²) in [5.41, 5.74) is 6.86. The van der Waals surface area contributed by atoms with Crippen LogP contribution in [0.1, 0.15) is 31.5 Å². The van der Waals surface area contributed by atoms with E-state index in [0.29, 0.717) is 17.3 Å². The molecule has 0 aromatic carbocycles. The van der Waals surface area contributed by atoms with Gasteiger partial charge in [-0.15, -0.1) is 0 Å². The lowest BCUT2D eigenvalue weighted by Crippen LogP contribution is -2.44. The number of nitrogens with two attached hydrogens (primary N) is 1. The number of allylic oxidation sites excluding steroid dienone is 2. The predicted octanol–water partition coefficient (Wildman–Crippen LogP) is 1.89. The zero-order valence-corrected chi connectivity index (χ0v) is 15.8. The third-order valence-electron chi connectivity index (χ3n) is 5.04. The number of amides is 2. The van der Waals surface area contributed by atoms with Gasteiger partial charge in [0.2, 0.25) is 0 Å². The van der Waals surface area contributed by atoms with E-state index in [-0.39, 0.29) is 24.1 Å². The number of aromatic nitrogens is 2. The summed E-state index contributed by atoms with van der Waals surface area (Å²) in [6, 6.07) is -0.583. The average molecular weight is 406 g/mol. The summed E-state index contributed by atoms with van der Waals surface area (Å²) < 4.78 is 14.3. The Bertz CT molecular complexity index is 885. The molecule has 3 aliphatic rings. The van der Waals surface area contributed by atoms with Gasteiger partial charge < -0.3 is 27.0 Å². The van der Waals surface area contributed by atoms with Crippen molar-refractivity contribution >= 4 is 29.0 Å². The summed E-state index contributed by atoms with van der Waals surface area (Å²) in [4.78, 5) is 19.6. The number of nitrogens with one attached hydrogen (secondary N) is 4. The van der Waals surface area contributed by atoms with Gasteiger partial charge >= 0.3 is 6.03 Å². The Balaban J connectivity index is 1.52. The fourth-order valence-corrected chi connectivity index (χ4v) is 3.97. The predicted molar refractivity (Wildman–Crippen MR) is 104 cm³/mol. The second-order valence-corrected chi connectivity index (χ2v) is 7.49. The van der Waals surface area contributed by atoms with E-state index >= 15 is 0 Å². The van der Waals surface area contributed by atoms with E-state index in [1.807, 2.05) is 6.08 Å². The van der Waals surface area contributed by atoms with Gasteiger partial charge in [-0.1, -0.05) is 11.6 Å². The minimum atomic E-state index is -0.543. The SMILES string of the molecule is NC(=O)NC1CCCC(Nc2nc(C3=CNC4NC=C(Cl)C=C34)ncc2F)C1. The highest BCUT2D eigenvalue weighted by Crippen LogP contribution is 2.31. The van der Waals surface area contributed by atoms with Gasteiger partial charge in [0.15, 0.2) is 17.5 Å². The molecule has 1 aromatic heterocycles. The number of hydrogen-bond acceptors (Lipinski definition) is 6. The molecule has 3 heterocycles. The smallest absolute Gasteiger partial charge is 0.312 e. The van der Waals surface area contributed by atoms with Crippen LogP contribution in [0.2, 0.25) is 0 Å². The fourth-order valence-electron chi connectivity index (χ4n) is 3.79. The Labute approximate surface area is 166 Å². The number of carbonyl (C=O) groups excluding carboxylic acids is 1. The number of dihydropyridines is 1. The van der Waals surface area contributed by atoms with Gasteiger partial charge in [-0.2, -0.15) is 0 Å². The van der Waals surface area contributed by atoms with Gasteiger partial charge in [-0.25, -0.2) is 19.2 Å². The third kappa shape index (κ3) is 3.89. The minimum Gasteiger partial charge on any atom is -0.367 e. The molecule has 148 valence electrons. The zero-order chi connectivity index (χ0) is 19.7. The maximum absolute atomic E-state index is 14.3. The molecule has 28 heavy (non-hydrogen) atoms. The van der Waals surface area contributed by atoms with Gasteiger partial charge in [-0.3, -0.25) is 0 Å². The van der Waals surface area contributed by atoms with Crippen LogP contribution in [-0.2, 0) is 0 Å². The third-order valence-corrected chi connectivity index (χ3v) is 5.26. The van der Waals surface area contributed by atoms with E-state index in [4.69, 9.17) is 17.3 Å². The fraction of sp³-hybridized carbons (Fsp3) is 0.389. The summed E-state index contributed by atoms with van der Waals surface area (Å²) in [5.74, 6) is 0.0246. The molecule has 1 aliphatic carbocycles. The first-order valence-corrected chi connectivity index (χ1v) is 9.52. The van der Waals surface area contributed by atoms with Crippen molar-refractivity contribution in [2.24, 2.45) is 5.73 Å². The van der Waals surface area contributed by atoms with E-state index in [1.54, 1.807) is 12.4 Å². The summed E-state index contributed by atoms with van der Waals surface area (Å²) in [6.07, 6.45) is 9.65. The molecule has 10 heteroatoms. The first-order chi connectivity index (χ1) is 13.5. The Morgan fingerprint density at radius 1 is 1.29 bits per heavy atom. The van der Waals surface area contributed by atoms with Gasteiger partial charge in [0.1, 0.15) is 6.17 Å². The monoisotopic (exact) mass is 405 g/mol. The summed E-state index contributed by atoms with van der Waals surface area (Å²) in [6.45, 7) is 0. The topological polar surface area (TPSA) is 117 Å². The number of halogens is 2. The molecule has 0 spiro atoms. The van der Waals surface area contributed by atoms with Gasteiger partial charge in [0, 0.05) is 35.6 Å². The number of fused-ring (bicyclic) bond motifs is 1. The van der Waals surface area contributed by atoms with Crippen LogP contribution in [0.25, 0.3) is 5.57 Å². The molecule has 2 amide bonds. The van der Waals surface area contributed by atoms with Gasteiger partial charge in [-0.05, 0) is 31.8 Å². The molecule has 3 unspecified atom stereocenters. The van der Waals surface area contributed by atoms with E-state index in [2.05, 4.69) is 31.2 Å². The Hall–Kier alpha value is -2.81. The lowest BCUT2D eigenvalue weighted by Gasteiger charge is -2.30. The number of urea groups is 1. The van der Waals surface area contributed by atoms with Crippen molar-refractivity contribution in [1.29, 1.82) is 0 Å². The van der Waals surface area contributed by atoms with E-state index < -0.39 is 11.8 Å². The van der Waals surface area contributed by atoms with Gasteiger partial charge in [0.25, 0.3) is 0 Å². The van der Waals surface area contributed by atoms with Crippen molar-refractivity contribution in [2.45, 2.75) is 43.9 Å². The zero-order valence-electron chi connectivity index (χ0n) is 15.0. The molecule has 0 radical (unpaired) electrons. The van der Waals surface area contributed by atoms with Crippen molar-refractivity contribution in [1.82, 2.24) is 25.9 Å². The van der Waals surface area contributed by atoms with Crippen LogP contribution in [0.4, 0.5) is 15.0 Å². The minimum absolute atomic E-state index is 0.0146. The van der Waals surface area contributed by atoms with Gasteiger partial charge in [0.05, 0.1) is 11.2 Å². The van der Waals surface area contributed by atoms with Crippen LogP contribution in [0.3, 0.4) is 0 Å². The number of hydrogen-bond donors (Lipinski definition) is 5. The first-order valence-electron chi connectivity index (χ1n) is 9.15. The molecule has 4 rings (SSSR count). The average Bonchev–Trinajstić information content (AvgIpc) is 3.06. The van der Waals surface area contributed by atoms with E-state index in [9.17, 15) is 9.18 Å². The van der Waals surface area contributed by atoms with E-state index in [1.165, 1.54) is 0 Å². The van der Waals surface area contributed by atoms with Crippen LogP contribution in [0, 0.1) is 5.82 Å². The quantitative estimate of drug-likeness (QED) is 0.522. The standard InChI is InChI=1S/C18H21ClFN7O/c19-9-4-12-13(7-23-15(12)22-6-9)16-24-8-14(20)17(27-16)25-10-2-1-3-11(5-10)26-18(21)28/h4,6-8,10-11,15,22-23H,1-3,5H2,(H3,21,26,28)(H,24,25,27). The highest BCUT2D eigenvalue weighted by atomic mass is 35.5. The maximum Gasteiger partial charge on any atom is 0.312 e.